The summed E-state index contributed by atoms with van der Waals surface area (Å²) >= 11 is 0. The maximum absolute atomic E-state index is 12.5. The number of aliphatic carboxylic acids is 1. The number of hydrogen-bond donors (Lipinski definition) is 2. The molecule has 5 rings (SSSR count). The van der Waals surface area contributed by atoms with E-state index >= 15 is 0 Å². The van der Waals surface area contributed by atoms with Gasteiger partial charge in [-0.1, -0.05) is 72.8 Å². The van der Waals surface area contributed by atoms with Crippen LogP contribution in [-0.2, 0) is 25.5 Å². The Labute approximate surface area is 202 Å². The minimum absolute atomic E-state index is 0.0511. The molecule has 0 aromatic heterocycles. The Bertz CT molecular complexity index is 1240. The molecule has 2 aliphatic carbocycles. The number of carbonyl (C=O) groups excluding carboxylic acids is 2. The van der Waals surface area contributed by atoms with Gasteiger partial charge in [0.25, 0.3) is 0 Å². The van der Waals surface area contributed by atoms with Crippen LogP contribution in [0.3, 0.4) is 0 Å². The molecule has 2 N–H and O–H groups in total. The molecule has 7 nitrogen and oxygen atoms in total. The third-order valence-electron chi connectivity index (χ3n) is 6.66. The van der Waals surface area contributed by atoms with E-state index in [1.54, 1.807) is 0 Å². The van der Waals surface area contributed by atoms with Gasteiger partial charge in [-0.2, -0.15) is 0 Å². The summed E-state index contributed by atoms with van der Waals surface area (Å²) in [6.07, 6.45) is -0.323. The van der Waals surface area contributed by atoms with Crippen LogP contribution >= 0.6 is 0 Å². The van der Waals surface area contributed by atoms with E-state index in [0.717, 1.165) is 39.8 Å². The second-order valence-electron chi connectivity index (χ2n) is 8.78. The van der Waals surface area contributed by atoms with Crippen LogP contribution in [0.5, 0.6) is 0 Å². The number of carboxylic acids is 1. The van der Waals surface area contributed by atoms with Gasteiger partial charge in [0.15, 0.2) is 0 Å². The summed E-state index contributed by atoms with van der Waals surface area (Å²) in [4.78, 5) is 36.7. The highest BCUT2D eigenvalue weighted by Gasteiger charge is 2.31. The maximum Gasteiger partial charge on any atom is 0.407 e. The van der Waals surface area contributed by atoms with Crippen molar-refractivity contribution in [2.45, 2.75) is 37.3 Å². The highest BCUT2D eigenvalue weighted by Crippen LogP contribution is 2.44. The van der Waals surface area contributed by atoms with Crippen molar-refractivity contribution in [2.24, 2.45) is 0 Å². The van der Waals surface area contributed by atoms with Gasteiger partial charge in [0, 0.05) is 5.92 Å². The minimum atomic E-state index is -1.45. The van der Waals surface area contributed by atoms with Crippen LogP contribution in [0, 0.1) is 0 Å². The fraction of sp³-hybridized carbons (Fsp3) is 0.250. The molecule has 1 unspecified atom stereocenters. The third-order valence-corrected chi connectivity index (χ3v) is 6.66. The van der Waals surface area contributed by atoms with Crippen molar-refractivity contribution in [3.05, 3.63) is 95.1 Å². The number of fused-ring (bicyclic) bond motifs is 4. The first-order chi connectivity index (χ1) is 17.0. The number of hydrogen-bond acceptors (Lipinski definition) is 5. The molecule has 0 bridgehead atoms. The Balaban J connectivity index is 1.19. The molecule has 7 heteroatoms. The van der Waals surface area contributed by atoms with Crippen molar-refractivity contribution >= 4 is 18.0 Å². The molecule has 2 atom stereocenters. The van der Waals surface area contributed by atoms with E-state index in [4.69, 9.17) is 9.47 Å². The lowest BCUT2D eigenvalue weighted by molar-refractivity contribution is -0.153. The zero-order valence-corrected chi connectivity index (χ0v) is 19.0. The Morgan fingerprint density at radius 3 is 2.14 bits per heavy atom. The lowest BCUT2D eigenvalue weighted by atomic mass is 9.98. The second-order valence-corrected chi connectivity index (χ2v) is 8.78. The molecule has 2 aliphatic rings. The number of nitrogens with one attached hydrogen (secondary N) is 1. The van der Waals surface area contributed by atoms with Gasteiger partial charge in [0.05, 0.1) is 6.42 Å². The van der Waals surface area contributed by atoms with Crippen LogP contribution in [0.15, 0.2) is 72.8 Å². The fourth-order valence-corrected chi connectivity index (χ4v) is 5.00. The quantitative estimate of drug-likeness (QED) is 0.489. The summed E-state index contributed by atoms with van der Waals surface area (Å²) in [5.41, 5.74) is 6.36. The van der Waals surface area contributed by atoms with Crippen LogP contribution in [0.25, 0.3) is 11.1 Å². The fourth-order valence-electron chi connectivity index (χ4n) is 5.00. The van der Waals surface area contributed by atoms with E-state index in [1.165, 1.54) is 0 Å². The Morgan fingerprint density at radius 2 is 1.49 bits per heavy atom. The molecule has 0 saturated heterocycles. The number of ether oxygens (including phenoxy) is 2. The number of carbonyl (C=O) groups is 3. The van der Waals surface area contributed by atoms with Crippen molar-refractivity contribution in [2.75, 3.05) is 6.61 Å². The number of esters is 1. The molecule has 0 aliphatic heterocycles. The summed E-state index contributed by atoms with van der Waals surface area (Å²) in [7, 11) is 0. The van der Waals surface area contributed by atoms with Crippen molar-refractivity contribution in [3.8, 4) is 11.1 Å². The van der Waals surface area contributed by atoms with Crippen molar-refractivity contribution in [3.63, 3.8) is 0 Å². The van der Waals surface area contributed by atoms with Gasteiger partial charge in [-0.05, 0) is 46.2 Å². The lowest BCUT2D eigenvalue weighted by Gasteiger charge is -2.18. The molecule has 0 spiro atoms. The zero-order valence-electron chi connectivity index (χ0n) is 19.0. The van der Waals surface area contributed by atoms with Gasteiger partial charge in [0.1, 0.15) is 18.8 Å². The number of carboxylic acid groups (broad SMARTS) is 1. The normalized spacial score (nSPS) is 16.5. The number of benzene rings is 3. The number of alkyl carbamates (subject to hydrolysis) is 1. The summed E-state index contributed by atoms with van der Waals surface area (Å²) in [6, 6.07) is 22.1. The maximum atomic E-state index is 12.5. The molecule has 0 heterocycles. The van der Waals surface area contributed by atoms with Crippen LogP contribution in [0.1, 0.15) is 47.1 Å². The van der Waals surface area contributed by atoms with Crippen LogP contribution < -0.4 is 5.32 Å². The van der Waals surface area contributed by atoms with Gasteiger partial charge in [-0.25, -0.2) is 9.59 Å². The molecule has 1 amide bonds. The number of amides is 1. The molecule has 0 saturated carbocycles. The van der Waals surface area contributed by atoms with Crippen molar-refractivity contribution < 1.29 is 29.0 Å². The first kappa shape index (κ1) is 22.7. The predicted molar refractivity (Wildman–Crippen MR) is 128 cm³/mol. The SMILES string of the molecule is O=C(C[C@@H](NC(=O)OCC1c2ccccc2-c2ccccc21)C(=O)O)OC1CCc2ccccc21. The summed E-state index contributed by atoms with van der Waals surface area (Å²) in [6.45, 7) is 0.0511. The molecule has 178 valence electrons. The van der Waals surface area contributed by atoms with Crippen LogP contribution in [0.4, 0.5) is 4.79 Å². The highest BCUT2D eigenvalue weighted by molar-refractivity contribution is 5.85. The molecule has 3 aromatic rings. The minimum Gasteiger partial charge on any atom is -0.480 e. The summed E-state index contributed by atoms with van der Waals surface area (Å²) in [5.74, 6) is -2.16. The molecular formula is C28H25NO6. The average Bonchev–Trinajstić information content (AvgIpc) is 3.41. The topological polar surface area (TPSA) is 102 Å². The Morgan fingerprint density at radius 1 is 0.886 bits per heavy atom. The van der Waals surface area contributed by atoms with E-state index in [9.17, 15) is 19.5 Å². The predicted octanol–water partition coefficient (Wildman–Crippen LogP) is 4.60. The van der Waals surface area contributed by atoms with E-state index < -0.39 is 36.6 Å². The molecular weight excluding hydrogens is 446 g/mol. The molecule has 0 fully saturated rings. The van der Waals surface area contributed by atoms with Crippen molar-refractivity contribution in [1.29, 1.82) is 0 Å². The van der Waals surface area contributed by atoms with E-state index in [1.807, 2.05) is 72.8 Å². The van der Waals surface area contributed by atoms with E-state index in [2.05, 4.69) is 5.32 Å². The Kier molecular flexibility index (Phi) is 6.23. The highest BCUT2D eigenvalue weighted by atomic mass is 16.6. The smallest absolute Gasteiger partial charge is 0.407 e. The first-order valence-electron chi connectivity index (χ1n) is 11.6. The van der Waals surface area contributed by atoms with E-state index in [0.29, 0.717) is 6.42 Å². The van der Waals surface area contributed by atoms with E-state index in [-0.39, 0.29) is 12.5 Å². The Hall–Kier alpha value is -4.13. The van der Waals surface area contributed by atoms with Gasteiger partial charge >= 0.3 is 18.0 Å². The van der Waals surface area contributed by atoms with Gasteiger partial charge in [0.2, 0.25) is 0 Å². The molecule has 0 radical (unpaired) electrons. The molecule has 3 aromatic carbocycles. The van der Waals surface area contributed by atoms with Gasteiger partial charge in [-0.15, -0.1) is 0 Å². The third kappa shape index (κ3) is 4.62. The number of aryl methyl sites for hydroxylation is 1. The van der Waals surface area contributed by atoms with Crippen LogP contribution in [0.2, 0.25) is 0 Å². The largest absolute Gasteiger partial charge is 0.480 e. The molecule has 35 heavy (non-hydrogen) atoms. The second kappa shape index (κ2) is 9.62. The van der Waals surface area contributed by atoms with Gasteiger partial charge in [-0.3, -0.25) is 4.79 Å². The first-order valence-corrected chi connectivity index (χ1v) is 11.6. The van der Waals surface area contributed by atoms with Crippen molar-refractivity contribution in [1.82, 2.24) is 5.32 Å². The zero-order chi connectivity index (χ0) is 24.4. The summed E-state index contributed by atoms with van der Waals surface area (Å²) in [5, 5.41) is 11.9. The monoisotopic (exact) mass is 471 g/mol. The van der Waals surface area contributed by atoms with Crippen LogP contribution in [-0.4, -0.2) is 35.8 Å². The lowest BCUT2D eigenvalue weighted by Crippen LogP contribution is -2.43. The number of rotatable bonds is 7. The summed E-state index contributed by atoms with van der Waals surface area (Å²) < 4.78 is 10.9. The standard InChI is InChI=1S/C28H25NO6/c30-26(35-25-14-13-17-7-1-2-8-18(17)25)15-24(27(31)32)29-28(33)34-16-23-21-11-5-3-9-19(21)20-10-4-6-12-22(20)23/h1-12,23-25H,13-16H2,(H,29,33)(H,31,32)/t24-,25?/m1/s1. The average molecular weight is 472 g/mol. The van der Waals surface area contributed by atoms with Gasteiger partial charge < -0.3 is 19.9 Å².